The maximum atomic E-state index is 12.7. The standard InChI is InChI=1S/C19H18F3N5O3S/c20-19(21,22)15-5-3-14(4-6-15)18-24-17(30-25-18)13-26-8-10-27(11-9-26)31(28,29)16-2-1-7-23-12-16/h1-7,12H,8-11,13H2. The number of piperazine rings is 1. The second-order valence-corrected chi connectivity index (χ2v) is 8.89. The van der Waals surface area contributed by atoms with Crippen molar-refractivity contribution < 1.29 is 26.1 Å². The highest BCUT2D eigenvalue weighted by atomic mass is 32.2. The van der Waals surface area contributed by atoms with Gasteiger partial charge in [-0.25, -0.2) is 8.42 Å². The Labute approximate surface area is 176 Å². The number of nitrogens with zero attached hydrogens (tertiary/aromatic N) is 5. The summed E-state index contributed by atoms with van der Waals surface area (Å²) in [6, 6.07) is 7.60. The molecule has 1 aliphatic heterocycles. The fourth-order valence-electron chi connectivity index (χ4n) is 3.21. The van der Waals surface area contributed by atoms with Crippen LogP contribution in [0.5, 0.6) is 0 Å². The molecule has 0 aliphatic carbocycles. The minimum absolute atomic E-state index is 0.154. The maximum absolute atomic E-state index is 12.7. The van der Waals surface area contributed by atoms with Gasteiger partial charge in [-0.3, -0.25) is 9.88 Å². The van der Waals surface area contributed by atoms with Crippen molar-refractivity contribution in [3.63, 3.8) is 0 Å². The first kappa shape index (κ1) is 21.4. The summed E-state index contributed by atoms with van der Waals surface area (Å²) in [6.07, 6.45) is -1.57. The molecule has 164 valence electrons. The SMILES string of the molecule is O=S(=O)(c1cccnc1)N1CCN(Cc2nc(-c3ccc(C(F)(F)F)cc3)no2)CC1. The Morgan fingerprint density at radius 3 is 2.35 bits per heavy atom. The molecule has 31 heavy (non-hydrogen) atoms. The number of hydrogen-bond acceptors (Lipinski definition) is 7. The van der Waals surface area contributed by atoms with Crippen LogP contribution in [0.2, 0.25) is 0 Å². The summed E-state index contributed by atoms with van der Waals surface area (Å²) in [6.45, 7) is 1.86. The van der Waals surface area contributed by atoms with E-state index in [0.717, 1.165) is 12.1 Å². The Morgan fingerprint density at radius 2 is 1.74 bits per heavy atom. The second kappa shape index (κ2) is 8.36. The van der Waals surface area contributed by atoms with E-state index in [1.165, 1.54) is 34.9 Å². The van der Waals surface area contributed by atoms with Crippen LogP contribution >= 0.6 is 0 Å². The molecule has 0 N–H and O–H groups in total. The van der Waals surface area contributed by atoms with Crippen molar-refractivity contribution in [2.24, 2.45) is 0 Å². The van der Waals surface area contributed by atoms with E-state index in [0.29, 0.717) is 44.2 Å². The van der Waals surface area contributed by atoms with Crippen molar-refractivity contribution in [1.82, 2.24) is 24.3 Å². The van der Waals surface area contributed by atoms with Crippen molar-refractivity contribution >= 4 is 10.0 Å². The third-order valence-electron chi connectivity index (χ3n) is 4.90. The summed E-state index contributed by atoms with van der Waals surface area (Å²) in [7, 11) is -3.59. The Kier molecular flexibility index (Phi) is 5.77. The third kappa shape index (κ3) is 4.75. The van der Waals surface area contributed by atoms with Crippen LogP contribution in [-0.4, -0.2) is 58.9 Å². The van der Waals surface area contributed by atoms with E-state index >= 15 is 0 Å². The zero-order valence-electron chi connectivity index (χ0n) is 16.2. The molecule has 0 radical (unpaired) electrons. The van der Waals surface area contributed by atoms with Gasteiger partial charge in [0.2, 0.25) is 21.7 Å². The van der Waals surface area contributed by atoms with Gasteiger partial charge in [-0.2, -0.15) is 22.5 Å². The predicted molar refractivity (Wildman–Crippen MR) is 103 cm³/mol. The topological polar surface area (TPSA) is 92.4 Å². The van der Waals surface area contributed by atoms with E-state index in [2.05, 4.69) is 15.1 Å². The molecule has 0 atom stereocenters. The van der Waals surface area contributed by atoms with Crippen molar-refractivity contribution in [3.8, 4) is 11.4 Å². The fraction of sp³-hybridized carbons (Fsp3) is 0.316. The van der Waals surface area contributed by atoms with Gasteiger partial charge >= 0.3 is 6.18 Å². The molecule has 1 aromatic carbocycles. The molecule has 4 rings (SSSR count). The van der Waals surface area contributed by atoms with Crippen LogP contribution < -0.4 is 0 Å². The highest BCUT2D eigenvalue weighted by molar-refractivity contribution is 7.89. The summed E-state index contributed by atoms with van der Waals surface area (Å²) in [5.74, 6) is 0.500. The molecule has 2 aromatic heterocycles. The number of hydrogen-bond donors (Lipinski definition) is 0. The van der Waals surface area contributed by atoms with Crippen LogP contribution in [0.3, 0.4) is 0 Å². The van der Waals surface area contributed by atoms with E-state index in [4.69, 9.17) is 4.52 Å². The minimum Gasteiger partial charge on any atom is -0.338 e. The lowest BCUT2D eigenvalue weighted by molar-refractivity contribution is -0.137. The average Bonchev–Trinajstić information content (AvgIpc) is 3.23. The number of rotatable bonds is 5. The predicted octanol–water partition coefficient (Wildman–Crippen LogP) is 2.66. The fourth-order valence-corrected chi connectivity index (χ4v) is 4.60. The van der Waals surface area contributed by atoms with Crippen LogP contribution in [0.25, 0.3) is 11.4 Å². The lowest BCUT2D eigenvalue weighted by Gasteiger charge is -2.33. The quantitative estimate of drug-likeness (QED) is 0.586. The third-order valence-corrected chi connectivity index (χ3v) is 6.78. The maximum Gasteiger partial charge on any atom is 0.416 e. The molecule has 3 heterocycles. The largest absolute Gasteiger partial charge is 0.416 e. The van der Waals surface area contributed by atoms with E-state index in [1.54, 1.807) is 6.07 Å². The van der Waals surface area contributed by atoms with Gasteiger partial charge in [0.15, 0.2) is 0 Å². The van der Waals surface area contributed by atoms with Crippen LogP contribution in [0.4, 0.5) is 13.2 Å². The van der Waals surface area contributed by atoms with Gasteiger partial charge in [0.1, 0.15) is 4.90 Å². The van der Waals surface area contributed by atoms with Gasteiger partial charge in [0.05, 0.1) is 12.1 Å². The number of aromatic nitrogens is 3. The molecular formula is C19H18F3N5O3S. The van der Waals surface area contributed by atoms with Gasteiger partial charge in [-0.1, -0.05) is 17.3 Å². The molecule has 0 spiro atoms. The minimum atomic E-state index is -4.41. The molecule has 0 bridgehead atoms. The van der Waals surface area contributed by atoms with Crippen molar-refractivity contribution in [3.05, 3.63) is 60.2 Å². The van der Waals surface area contributed by atoms with E-state index < -0.39 is 21.8 Å². The highest BCUT2D eigenvalue weighted by Gasteiger charge is 2.31. The number of pyridine rings is 1. The summed E-state index contributed by atoms with van der Waals surface area (Å²) >= 11 is 0. The first-order valence-electron chi connectivity index (χ1n) is 9.36. The van der Waals surface area contributed by atoms with Crippen LogP contribution in [0, 0.1) is 0 Å². The summed E-state index contributed by atoms with van der Waals surface area (Å²) in [5.41, 5.74) is -0.338. The first-order valence-corrected chi connectivity index (χ1v) is 10.8. The molecule has 8 nitrogen and oxygen atoms in total. The van der Waals surface area contributed by atoms with E-state index in [1.807, 2.05) is 4.90 Å². The normalized spacial score (nSPS) is 16.5. The van der Waals surface area contributed by atoms with Crippen LogP contribution in [0.15, 0.2) is 58.2 Å². The highest BCUT2D eigenvalue weighted by Crippen LogP contribution is 2.30. The van der Waals surface area contributed by atoms with Gasteiger partial charge in [0, 0.05) is 44.1 Å². The van der Waals surface area contributed by atoms with Crippen molar-refractivity contribution in [1.29, 1.82) is 0 Å². The summed E-state index contributed by atoms with van der Waals surface area (Å²) < 4.78 is 70.0. The molecule has 12 heteroatoms. The van der Waals surface area contributed by atoms with Crippen LogP contribution in [0.1, 0.15) is 11.5 Å². The summed E-state index contributed by atoms with van der Waals surface area (Å²) in [5, 5.41) is 3.83. The zero-order chi connectivity index (χ0) is 22.1. The van der Waals surface area contributed by atoms with Gasteiger partial charge in [-0.05, 0) is 24.3 Å². The van der Waals surface area contributed by atoms with Gasteiger partial charge < -0.3 is 4.52 Å². The second-order valence-electron chi connectivity index (χ2n) is 6.96. The molecule has 0 saturated carbocycles. The lowest BCUT2D eigenvalue weighted by atomic mass is 10.1. The molecular weight excluding hydrogens is 435 g/mol. The van der Waals surface area contributed by atoms with Gasteiger partial charge in [-0.15, -0.1) is 0 Å². The molecule has 1 saturated heterocycles. The molecule has 1 aliphatic rings. The summed E-state index contributed by atoms with van der Waals surface area (Å²) in [4.78, 5) is 10.2. The Morgan fingerprint density at radius 1 is 1.03 bits per heavy atom. The Balaban J connectivity index is 1.36. The van der Waals surface area contributed by atoms with Crippen molar-refractivity contribution in [2.75, 3.05) is 26.2 Å². The van der Waals surface area contributed by atoms with Gasteiger partial charge in [0.25, 0.3) is 0 Å². The van der Waals surface area contributed by atoms with Crippen molar-refractivity contribution in [2.45, 2.75) is 17.6 Å². The lowest BCUT2D eigenvalue weighted by Crippen LogP contribution is -2.48. The number of sulfonamides is 1. The number of halogens is 3. The Hall–Kier alpha value is -2.83. The molecule has 0 amide bonds. The van der Waals surface area contributed by atoms with E-state index in [9.17, 15) is 21.6 Å². The molecule has 3 aromatic rings. The van der Waals surface area contributed by atoms with Crippen LogP contribution in [-0.2, 0) is 22.7 Å². The zero-order valence-corrected chi connectivity index (χ0v) is 17.0. The average molecular weight is 453 g/mol. The number of benzene rings is 1. The first-order chi connectivity index (χ1) is 14.7. The number of alkyl halides is 3. The monoisotopic (exact) mass is 453 g/mol. The smallest absolute Gasteiger partial charge is 0.338 e. The molecule has 1 fully saturated rings. The Bertz CT molecular complexity index is 1130. The van der Waals surface area contributed by atoms with E-state index in [-0.39, 0.29) is 10.7 Å². The molecule has 0 unspecified atom stereocenters.